The summed E-state index contributed by atoms with van der Waals surface area (Å²) in [6.45, 7) is 2.01. The summed E-state index contributed by atoms with van der Waals surface area (Å²) < 4.78 is 5.23. The average Bonchev–Trinajstić information content (AvgIpc) is 3.38. The Morgan fingerprint density at radius 2 is 1.68 bits per heavy atom. The smallest absolute Gasteiger partial charge is 0.272 e. The van der Waals surface area contributed by atoms with Gasteiger partial charge < -0.3 is 14.7 Å². The highest BCUT2D eigenvalue weighted by Crippen LogP contribution is 2.24. The van der Waals surface area contributed by atoms with Crippen LogP contribution in [0.3, 0.4) is 0 Å². The van der Waals surface area contributed by atoms with E-state index < -0.39 is 0 Å². The highest BCUT2D eigenvalue weighted by Gasteiger charge is 2.21. The molecule has 1 aliphatic heterocycles. The minimum atomic E-state index is -0.333. The molecule has 5 rings (SSSR count). The standard InChI is InChI=1S/C26H26N6O2/c33-26(27-18-24-28-25(31-34-24)21-9-5-2-6-10-21)22-11-12-23(30-29-22)32-15-13-20(14-16-32)17-19-7-3-1-4-8-19/h1-12,20H,13-18H2,(H,27,33). The van der Waals surface area contributed by atoms with Crippen LogP contribution < -0.4 is 10.2 Å². The molecule has 4 aromatic rings. The third-order valence-electron chi connectivity index (χ3n) is 6.09. The van der Waals surface area contributed by atoms with E-state index in [4.69, 9.17) is 4.52 Å². The molecule has 2 aromatic heterocycles. The second kappa shape index (κ2) is 10.2. The van der Waals surface area contributed by atoms with Gasteiger partial charge in [0.15, 0.2) is 11.5 Å². The zero-order valence-corrected chi connectivity index (χ0v) is 18.8. The summed E-state index contributed by atoms with van der Waals surface area (Å²) in [5, 5.41) is 15.1. The van der Waals surface area contributed by atoms with Gasteiger partial charge in [-0.05, 0) is 42.9 Å². The Kier molecular flexibility index (Phi) is 6.56. The van der Waals surface area contributed by atoms with E-state index in [0.29, 0.717) is 17.6 Å². The third kappa shape index (κ3) is 5.28. The van der Waals surface area contributed by atoms with Gasteiger partial charge in [-0.1, -0.05) is 65.8 Å². The quantitative estimate of drug-likeness (QED) is 0.452. The predicted molar refractivity (Wildman–Crippen MR) is 128 cm³/mol. The van der Waals surface area contributed by atoms with Crippen molar-refractivity contribution in [2.75, 3.05) is 18.0 Å². The van der Waals surface area contributed by atoms with Crippen molar-refractivity contribution >= 4 is 11.7 Å². The summed E-state index contributed by atoms with van der Waals surface area (Å²) in [4.78, 5) is 19.0. The summed E-state index contributed by atoms with van der Waals surface area (Å²) in [7, 11) is 0. The van der Waals surface area contributed by atoms with Crippen molar-refractivity contribution in [2.45, 2.75) is 25.8 Å². The number of carbonyl (C=O) groups is 1. The molecule has 2 aromatic carbocycles. The van der Waals surface area contributed by atoms with Crippen molar-refractivity contribution in [3.8, 4) is 11.4 Å². The van der Waals surface area contributed by atoms with Crippen LogP contribution in [0, 0.1) is 5.92 Å². The van der Waals surface area contributed by atoms with E-state index >= 15 is 0 Å². The van der Waals surface area contributed by atoms with Crippen LogP contribution >= 0.6 is 0 Å². The minimum absolute atomic E-state index is 0.122. The molecule has 0 aliphatic carbocycles. The number of hydrogen-bond acceptors (Lipinski definition) is 7. The summed E-state index contributed by atoms with van der Waals surface area (Å²) in [6, 6.07) is 23.7. The van der Waals surface area contributed by atoms with Gasteiger partial charge in [0.2, 0.25) is 11.7 Å². The molecule has 0 unspecified atom stereocenters. The summed E-state index contributed by atoms with van der Waals surface area (Å²) in [6.07, 6.45) is 3.36. The van der Waals surface area contributed by atoms with Gasteiger partial charge in [0.25, 0.3) is 5.91 Å². The maximum atomic E-state index is 12.5. The van der Waals surface area contributed by atoms with Crippen LogP contribution in [-0.2, 0) is 13.0 Å². The van der Waals surface area contributed by atoms with Crippen molar-refractivity contribution in [1.29, 1.82) is 0 Å². The van der Waals surface area contributed by atoms with Crippen LogP contribution in [-0.4, -0.2) is 39.3 Å². The molecule has 0 spiro atoms. The highest BCUT2D eigenvalue weighted by molar-refractivity contribution is 5.92. The molecule has 1 saturated heterocycles. The number of aromatic nitrogens is 4. The van der Waals surface area contributed by atoms with Gasteiger partial charge in [0.1, 0.15) is 0 Å². The number of nitrogens with one attached hydrogen (secondary N) is 1. The molecule has 172 valence electrons. The van der Waals surface area contributed by atoms with Gasteiger partial charge in [-0.15, -0.1) is 10.2 Å². The zero-order chi connectivity index (χ0) is 23.2. The average molecular weight is 455 g/mol. The van der Waals surface area contributed by atoms with Crippen LogP contribution in [0.5, 0.6) is 0 Å². The van der Waals surface area contributed by atoms with Crippen LogP contribution in [0.15, 0.2) is 77.3 Å². The second-order valence-electron chi connectivity index (χ2n) is 8.46. The Morgan fingerprint density at radius 1 is 0.941 bits per heavy atom. The Bertz CT molecular complexity index is 1200. The van der Waals surface area contributed by atoms with Gasteiger partial charge in [-0.25, -0.2) is 0 Å². The van der Waals surface area contributed by atoms with E-state index in [1.165, 1.54) is 5.56 Å². The third-order valence-corrected chi connectivity index (χ3v) is 6.09. The molecule has 1 fully saturated rings. The lowest BCUT2D eigenvalue weighted by molar-refractivity contribution is 0.0940. The number of carbonyl (C=O) groups excluding carboxylic acids is 1. The first kappa shape index (κ1) is 21.8. The van der Waals surface area contributed by atoms with E-state index in [1.54, 1.807) is 6.07 Å². The number of benzene rings is 2. The fraction of sp³-hybridized carbons (Fsp3) is 0.269. The van der Waals surface area contributed by atoms with Crippen molar-refractivity contribution in [3.05, 3.63) is 89.9 Å². The lowest BCUT2D eigenvalue weighted by Gasteiger charge is -2.32. The van der Waals surface area contributed by atoms with Crippen molar-refractivity contribution < 1.29 is 9.32 Å². The van der Waals surface area contributed by atoms with Crippen LogP contribution in [0.25, 0.3) is 11.4 Å². The van der Waals surface area contributed by atoms with E-state index in [-0.39, 0.29) is 18.1 Å². The van der Waals surface area contributed by atoms with E-state index in [0.717, 1.165) is 43.7 Å². The Morgan fingerprint density at radius 3 is 2.38 bits per heavy atom. The zero-order valence-electron chi connectivity index (χ0n) is 18.8. The monoisotopic (exact) mass is 454 g/mol. The Hall–Kier alpha value is -4.07. The molecular formula is C26H26N6O2. The SMILES string of the molecule is O=C(NCc1nc(-c2ccccc2)no1)c1ccc(N2CCC(Cc3ccccc3)CC2)nn1. The maximum Gasteiger partial charge on any atom is 0.272 e. The second-order valence-corrected chi connectivity index (χ2v) is 8.46. The minimum Gasteiger partial charge on any atom is -0.355 e. The first-order valence-electron chi connectivity index (χ1n) is 11.5. The topological polar surface area (TPSA) is 97.0 Å². The van der Waals surface area contributed by atoms with Crippen molar-refractivity contribution in [3.63, 3.8) is 0 Å². The Balaban J connectivity index is 1.11. The molecule has 0 atom stereocenters. The molecule has 34 heavy (non-hydrogen) atoms. The largest absolute Gasteiger partial charge is 0.355 e. The highest BCUT2D eigenvalue weighted by atomic mass is 16.5. The van der Waals surface area contributed by atoms with Crippen LogP contribution in [0.2, 0.25) is 0 Å². The van der Waals surface area contributed by atoms with E-state index in [9.17, 15) is 4.79 Å². The van der Waals surface area contributed by atoms with Gasteiger partial charge in [-0.3, -0.25) is 4.79 Å². The van der Waals surface area contributed by atoms with Gasteiger partial charge >= 0.3 is 0 Å². The molecule has 0 bridgehead atoms. The Labute approximate surface area is 198 Å². The number of rotatable bonds is 7. The molecule has 1 aliphatic rings. The number of amides is 1. The lowest BCUT2D eigenvalue weighted by Crippen LogP contribution is -2.35. The fourth-order valence-electron chi connectivity index (χ4n) is 4.21. The van der Waals surface area contributed by atoms with Gasteiger partial charge in [0.05, 0.1) is 6.54 Å². The maximum absolute atomic E-state index is 12.5. The van der Waals surface area contributed by atoms with Gasteiger partial charge in [-0.2, -0.15) is 4.98 Å². The number of hydrogen-bond donors (Lipinski definition) is 1. The molecular weight excluding hydrogens is 428 g/mol. The van der Waals surface area contributed by atoms with Crippen LogP contribution in [0.1, 0.15) is 34.8 Å². The van der Waals surface area contributed by atoms with Gasteiger partial charge in [0, 0.05) is 18.7 Å². The van der Waals surface area contributed by atoms with Crippen molar-refractivity contribution in [1.82, 2.24) is 25.7 Å². The molecule has 8 nitrogen and oxygen atoms in total. The summed E-state index contributed by atoms with van der Waals surface area (Å²) in [5.74, 6) is 1.97. The van der Waals surface area contributed by atoms with Crippen LogP contribution in [0.4, 0.5) is 5.82 Å². The molecule has 0 radical (unpaired) electrons. The first-order valence-corrected chi connectivity index (χ1v) is 11.5. The number of anilines is 1. The van der Waals surface area contributed by atoms with E-state index in [2.05, 4.69) is 60.9 Å². The summed E-state index contributed by atoms with van der Waals surface area (Å²) in [5.41, 5.74) is 2.51. The molecule has 3 heterocycles. The summed E-state index contributed by atoms with van der Waals surface area (Å²) >= 11 is 0. The van der Waals surface area contributed by atoms with Crippen molar-refractivity contribution in [2.24, 2.45) is 5.92 Å². The fourth-order valence-corrected chi connectivity index (χ4v) is 4.21. The molecule has 0 saturated carbocycles. The predicted octanol–water partition coefficient (Wildman–Crippen LogP) is 3.92. The lowest BCUT2D eigenvalue weighted by atomic mass is 9.90. The molecule has 1 N–H and O–H groups in total. The molecule has 1 amide bonds. The first-order chi connectivity index (χ1) is 16.7. The molecule has 8 heteroatoms. The number of nitrogens with zero attached hydrogens (tertiary/aromatic N) is 5. The van der Waals surface area contributed by atoms with E-state index in [1.807, 2.05) is 36.4 Å². The normalized spacial score (nSPS) is 14.2. The number of piperidine rings is 1.